The first kappa shape index (κ1) is 23.9. The molecule has 1 aromatic carbocycles. The summed E-state index contributed by atoms with van der Waals surface area (Å²) in [5, 5.41) is 7.72. The van der Waals surface area contributed by atoms with Gasteiger partial charge in [-0.05, 0) is 63.8 Å². The molecule has 0 aliphatic carbocycles. The maximum absolute atomic E-state index is 12.7. The Morgan fingerprint density at radius 2 is 1.97 bits per heavy atom. The third-order valence-electron chi connectivity index (χ3n) is 5.67. The van der Waals surface area contributed by atoms with Crippen molar-refractivity contribution in [3.05, 3.63) is 36.8 Å². The molecule has 0 bridgehead atoms. The quantitative estimate of drug-likeness (QED) is 0.581. The summed E-state index contributed by atoms with van der Waals surface area (Å²) in [6.45, 7) is 7.38. The average Bonchev–Trinajstić information content (AvgIpc) is 3.25. The van der Waals surface area contributed by atoms with Crippen LogP contribution in [0.15, 0.2) is 41.7 Å². The molecule has 1 amide bonds. The summed E-state index contributed by atoms with van der Waals surface area (Å²) in [7, 11) is -3.31. The molecule has 11 heteroatoms. The van der Waals surface area contributed by atoms with Crippen LogP contribution in [0.3, 0.4) is 0 Å². The molecule has 1 atom stereocenters. The molecule has 3 heterocycles. The van der Waals surface area contributed by atoms with Crippen molar-refractivity contribution in [3.8, 4) is 0 Å². The van der Waals surface area contributed by atoms with Crippen LogP contribution in [0.25, 0.3) is 11.0 Å². The normalized spacial score (nSPS) is 17.1. The number of aromatic amines is 1. The number of amides is 1. The molecular weight excluding hydrogens is 456 g/mol. The number of nitrogens with zero attached hydrogens (tertiary/aromatic N) is 5. The van der Waals surface area contributed by atoms with Crippen LogP contribution in [0.5, 0.6) is 0 Å². The van der Waals surface area contributed by atoms with Crippen LogP contribution < -0.4 is 4.90 Å². The highest BCUT2D eigenvalue weighted by Gasteiger charge is 2.30. The molecular formula is C23H30N6O4S. The number of piperidine rings is 1. The Hall–Kier alpha value is -3.21. The first-order valence-corrected chi connectivity index (χ1v) is 13.1. The van der Waals surface area contributed by atoms with E-state index in [0.29, 0.717) is 31.1 Å². The number of aromatic nitrogens is 4. The number of ether oxygens (including phenoxy) is 1. The van der Waals surface area contributed by atoms with Crippen molar-refractivity contribution in [2.75, 3.05) is 30.8 Å². The van der Waals surface area contributed by atoms with Gasteiger partial charge in [-0.15, -0.1) is 0 Å². The van der Waals surface area contributed by atoms with Gasteiger partial charge in [-0.2, -0.15) is 5.10 Å². The molecule has 3 aromatic rings. The summed E-state index contributed by atoms with van der Waals surface area (Å²) in [4.78, 5) is 25.5. The lowest BCUT2D eigenvalue weighted by atomic mass is 9.97. The minimum Gasteiger partial charge on any atom is -0.444 e. The molecule has 1 saturated heterocycles. The SMILES string of the molecule is CC(C)(C)OC(=O)N1CCCC(CN(c2ccc(S(C)(=O)=O)cc2)c2ncnc3[nH]ncc23)C1. The van der Waals surface area contributed by atoms with Gasteiger partial charge >= 0.3 is 6.09 Å². The predicted octanol–water partition coefficient (Wildman–Crippen LogP) is 3.54. The zero-order valence-electron chi connectivity index (χ0n) is 19.9. The van der Waals surface area contributed by atoms with E-state index in [9.17, 15) is 13.2 Å². The van der Waals surface area contributed by atoms with Crippen molar-refractivity contribution >= 4 is 38.5 Å². The molecule has 1 aliphatic heterocycles. The second-order valence-electron chi connectivity index (χ2n) is 9.64. The summed E-state index contributed by atoms with van der Waals surface area (Å²) in [6, 6.07) is 6.75. The number of carbonyl (C=O) groups excluding carboxylic acids is 1. The molecule has 1 aliphatic rings. The van der Waals surface area contributed by atoms with E-state index in [-0.39, 0.29) is 16.9 Å². The van der Waals surface area contributed by atoms with Gasteiger partial charge in [0.25, 0.3) is 0 Å². The fraction of sp³-hybridized carbons (Fsp3) is 0.478. The number of sulfone groups is 1. The first-order valence-electron chi connectivity index (χ1n) is 11.2. The molecule has 2 aromatic heterocycles. The number of benzene rings is 1. The van der Waals surface area contributed by atoms with Crippen LogP contribution >= 0.6 is 0 Å². The third-order valence-corrected chi connectivity index (χ3v) is 6.80. The van der Waals surface area contributed by atoms with E-state index < -0.39 is 15.4 Å². The van der Waals surface area contributed by atoms with E-state index in [1.165, 1.54) is 12.6 Å². The standard InChI is InChI=1S/C23H30N6O4S/c1-23(2,3)33-22(30)28-11-5-6-16(13-28)14-29(17-7-9-18(10-8-17)34(4,31)32)21-19-12-26-27-20(19)24-15-25-21/h7-10,12,15-16H,5-6,11,13-14H2,1-4H3,(H,24,25,26,27). The number of rotatable bonds is 5. The predicted molar refractivity (Wildman–Crippen MR) is 129 cm³/mol. The first-order chi connectivity index (χ1) is 16.0. The van der Waals surface area contributed by atoms with Crippen molar-refractivity contribution < 1.29 is 17.9 Å². The molecule has 182 valence electrons. The highest BCUT2D eigenvalue weighted by atomic mass is 32.2. The molecule has 34 heavy (non-hydrogen) atoms. The Morgan fingerprint density at radius 3 is 2.65 bits per heavy atom. The fourth-order valence-corrected chi connectivity index (χ4v) is 4.75. The largest absolute Gasteiger partial charge is 0.444 e. The molecule has 1 unspecified atom stereocenters. The number of likely N-dealkylation sites (tertiary alicyclic amines) is 1. The minimum atomic E-state index is -3.31. The van der Waals surface area contributed by atoms with Crippen LogP contribution in [0.4, 0.5) is 16.3 Å². The Bertz CT molecular complexity index is 1270. The van der Waals surface area contributed by atoms with Gasteiger partial charge in [-0.3, -0.25) is 5.10 Å². The van der Waals surface area contributed by atoms with Gasteiger partial charge in [0.15, 0.2) is 15.5 Å². The summed E-state index contributed by atoms with van der Waals surface area (Å²) < 4.78 is 29.5. The number of hydrogen-bond donors (Lipinski definition) is 1. The third kappa shape index (κ3) is 5.46. The van der Waals surface area contributed by atoms with Gasteiger partial charge in [0.2, 0.25) is 0 Å². The van der Waals surface area contributed by atoms with E-state index in [4.69, 9.17) is 4.74 Å². The van der Waals surface area contributed by atoms with Crippen molar-refractivity contribution in [2.45, 2.75) is 44.1 Å². The number of nitrogens with one attached hydrogen (secondary N) is 1. The lowest BCUT2D eigenvalue weighted by molar-refractivity contribution is 0.0170. The number of fused-ring (bicyclic) bond motifs is 1. The second-order valence-corrected chi connectivity index (χ2v) is 11.7. The zero-order valence-corrected chi connectivity index (χ0v) is 20.7. The van der Waals surface area contributed by atoms with Gasteiger partial charge in [-0.25, -0.2) is 23.2 Å². The van der Waals surface area contributed by atoms with Crippen LogP contribution in [-0.2, 0) is 14.6 Å². The van der Waals surface area contributed by atoms with Gasteiger partial charge < -0.3 is 14.5 Å². The monoisotopic (exact) mass is 486 g/mol. The van der Waals surface area contributed by atoms with Gasteiger partial charge in [0.1, 0.15) is 17.7 Å². The van der Waals surface area contributed by atoms with Crippen LogP contribution in [0.2, 0.25) is 0 Å². The van der Waals surface area contributed by atoms with Gasteiger partial charge in [0.05, 0.1) is 16.5 Å². The Balaban J connectivity index is 1.64. The Kier molecular flexibility index (Phi) is 6.48. The topological polar surface area (TPSA) is 121 Å². The summed E-state index contributed by atoms with van der Waals surface area (Å²) in [6.07, 6.45) is 5.84. The van der Waals surface area contributed by atoms with Crippen molar-refractivity contribution in [3.63, 3.8) is 0 Å². The average molecular weight is 487 g/mol. The lowest BCUT2D eigenvalue weighted by Gasteiger charge is -2.36. The Morgan fingerprint density at radius 1 is 1.24 bits per heavy atom. The summed E-state index contributed by atoms with van der Waals surface area (Å²) in [5.74, 6) is 0.827. The molecule has 10 nitrogen and oxygen atoms in total. The minimum absolute atomic E-state index is 0.160. The van der Waals surface area contributed by atoms with Crippen molar-refractivity contribution in [1.82, 2.24) is 25.1 Å². The van der Waals surface area contributed by atoms with E-state index in [2.05, 4.69) is 20.2 Å². The molecule has 0 radical (unpaired) electrons. The van der Waals surface area contributed by atoms with Crippen molar-refractivity contribution in [2.24, 2.45) is 5.92 Å². The highest BCUT2D eigenvalue weighted by Crippen LogP contribution is 2.32. The van der Waals surface area contributed by atoms with E-state index in [1.807, 2.05) is 25.7 Å². The number of H-pyrrole nitrogens is 1. The summed E-state index contributed by atoms with van der Waals surface area (Å²) >= 11 is 0. The molecule has 0 saturated carbocycles. The smallest absolute Gasteiger partial charge is 0.410 e. The number of anilines is 2. The second kappa shape index (κ2) is 9.21. The molecule has 0 spiro atoms. The van der Waals surface area contributed by atoms with E-state index in [0.717, 1.165) is 23.9 Å². The highest BCUT2D eigenvalue weighted by molar-refractivity contribution is 7.90. The van der Waals surface area contributed by atoms with Crippen LogP contribution in [0.1, 0.15) is 33.6 Å². The molecule has 4 rings (SSSR count). The lowest BCUT2D eigenvalue weighted by Crippen LogP contribution is -2.45. The van der Waals surface area contributed by atoms with Gasteiger partial charge in [0, 0.05) is 31.6 Å². The maximum Gasteiger partial charge on any atom is 0.410 e. The van der Waals surface area contributed by atoms with E-state index in [1.54, 1.807) is 35.4 Å². The maximum atomic E-state index is 12.7. The van der Waals surface area contributed by atoms with Crippen molar-refractivity contribution in [1.29, 1.82) is 0 Å². The van der Waals surface area contributed by atoms with E-state index >= 15 is 0 Å². The number of hydrogen-bond acceptors (Lipinski definition) is 8. The molecule has 1 N–H and O–H groups in total. The van der Waals surface area contributed by atoms with Crippen LogP contribution in [0, 0.1) is 5.92 Å². The Labute approximate surface area is 199 Å². The summed E-state index contributed by atoms with van der Waals surface area (Å²) in [5.41, 5.74) is 0.857. The van der Waals surface area contributed by atoms with Gasteiger partial charge in [-0.1, -0.05) is 0 Å². The number of carbonyl (C=O) groups is 1. The fourth-order valence-electron chi connectivity index (χ4n) is 4.12. The van der Waals surface area contributed by atoms with Crippen LogP contribution in [-0.4, -0.2) is 71.1 Å². The molecule has 1 fully saturated rings. The zero-order chi connectivity index (χ0) is 24.5.